The van der Waals surface area contributed by atoms with Crippen LogP contribution in [0.25, 0.3) is 0 Å². The highest BCUT2D eigenvalue weighted by Gasteiger charge is 2.06. The Labute approximate surface area is 99.9 Å². The quantitative estimate of drug-likeness (QED) is 0.893. The number of halogens is 1. The van der Waals surface area contributed by atoms with E-state index < -0.39 is 0 Å². The normalized spacial score (nSPS) is 14.7. The van der Waals surface area contributed by atoms with Gasteiger partial charge in [0.15, 0.2) is 0 Å². The molecule has 0 radical (unpaired) electrons. The Morgan fingerprint density at radius 3 is 2.40 bits per heavy atom. The van der Waals surface area contributed by atoms with E-state index in [0.717, 1.165) is 23.2 Å². The van der Waals surface area contributed by atoms with Crippen LogP contribution in [0, 0.1) is 5.92 Å². The molecule has 0 spiro atoms. The third-order valence-electron chi connectivity index (χ3n) is 2.55. The van der Waals surface area contributed by atoms with Crippen LogP contribution in [0.5, 0.6) is 5.75 Å². The van der Waals surface area contributed by atoms with E-state index in [0.29, 0.717) is 5.92 Å². The number of benzene rings is 1. The first kappa shape index (κ1) is 12.5. The third-order valence-corrected chi connectivity index (χ3v) is 3.08. The van der Waals surface area contributed by atoms with Crippen LogP contribution in [0.15, 0.2) is 28.7 Å². The van der Waals surface area contributed by atoms with Crippen molar-refractivity contribution in [3.8, 4) is 5.75 Å². The maximum Gasteiger partial charge on any atom is 0.119 e. The molecule has 2 atom stereocenters. The van der Waals surface area contributed by atoms with Crippen molar-refractivity contribution in [3.63, 3.8) is 0 Å². The highest BCUT2D eigenvalue weighted by molar-refractivity contribution is 9.10. The van der Waals surface area contributed by atoms with Gasteiger partial charge in [-0.25, -0.2) is 0 Å². The SMILES string of the molecule is CC(N)C(C)CCOc1ccc(Br)cc1. The molecule has 0 saturated heterocycles. The van der Waals surface area contributed by atoms with Gasteiger partial charge in [-0.15, -0.1) is 0 Å². The summed E-state index contributed by atoms with van der Waals surface area (Å²) in [5.74, 6) is 1.41. The number of hydrogen-bond acceptors (Lipinski definition) is 2. The first-order chi connectivity index (χ1) is 7.09. The molecule has 15 heavy (non-hydrogen) atoms. The molecular formula is C12H18BrNO. The largest absolute Gasteiger partial charge is 0.494 e. The van der Waals surface area contributed by atoms with Crippen molar-refractivity contribution >= 4 is 15.9 Å². The maximum absolute atomic E-state index is 5.77. The van der Waals surface area contributed by atoms with Gasteiger partial charge in [0.1, 0.15) is 5.75 Å². The van der Waals surface area contributed by atoms with Crippen LogP contribution in [-0.2, 0) is 0 Å². The molecule has 84 valence electrons. The van der Waals surface area contributed by atoms with E-state index in [2.05, 4.69) is 22.9 Å². The second-order valence-electron chi connectivity index (χ2n) is 3.93. The Morgan fingerprint density at radius 2 is 1.87 bits per heavy atom. The summed E-state index contributed by atoms with van der Waals surface area (Å²) in [6.45, 7) is 4.91. The van der Waals surface area contributed by atoms with Crippen molar-refractivity contribution < 1.29 is 4.74 Å². The highest BCUT2D eigenvalue weighted by Crippen LogP contribution is 2.16. The molecule has 2 nitrogen and oxygen atoms in total. The van der Waals surface area contributed by atoms with Gasteiger partial charge in [0.2, 0.25) is 0 Å². The van der Waals surface area contributed by atoms with E-state index in [4.69, 9.17) is 10.5 Å². The lowest BCUT2D eigenvalue weighted by Crippen LogP contribution is -2.25. The Balaban J connectivity index is 2.29. The van der Waals surface area contributed by atoms with E-state index in [9.17, 15) is 0 Å². The van der Waals surface area contributed by atoms with Gasteiger partial charge in [0.25, 0.3) is 0 Å². The molecular weight excluding hydrogens is 254 g/mol. The average Bonchev–Trinajstić information content (AvgIpc) is 2.20. The first-order valence-electron chi connectivity index (χ1n) is 5.23. The third kappa shape index (κ3) is 4.67. The van der Waals surface area contributed by atoms with Gasteiger partial charge in [-0.1, -0.05) is 22.9 Å². The molecule has 0 bridgehead atoms. The standard InChI is InChI=1S/C12H18BrNO/c1-9(10(2)14)7-8-15-12-5-3-11(13)4-6-12/h3-6,9-10H,7-8,14H2,1-2H3. The van der Waals surface area contributed by atoms with Crippen LogP contribution < -0.4 is 10.5 Å². The molecule has 0 aliphatic carbocycles. The fourth-order valence-corrected chi connectivity index (χ4v) is 1.42. The molecule has 0 fully saturated rings. The molecule has 0 aromatic heterocycles. The molecule has 0 aliphatic rings. The van der Waals surface area contributed by atoms with Crippen molar-refractivity contribution in [1.82, 2.24) is 0 Å². The van der Waals surface area contributed by atoms with Gasteiger partial charge in [0, 0.05) is 10.5 Å². The van der Waals surface area contributed by atoms with Crippen LogP contribution in [0.4, 0.5) is 0 Å². The molecule has 3 heteroatoms. The maximum atomic E-state index is 5.77. The van der Waals surface area contributed by atoms with E-state index in [1.807, 2.05) is 31.2 Å². The molecule has 0 saturated carbocycles. The Kier molecular flexibility index (Phi) is 5.12. The zero-order chi connectivity index (χ0) is 11.3. The van der Waals surface area contributed by atoms with Crippen molar-refractivity contribution in [2.45, 2.75) is 26.3 Å². The van der Waals surface area contributed by atoms with Gasteiger partial charge in [-0.05, 0) is 43.5 Å². The molecule has 1 rings (SSSR count). The second-order valence-corrected chi connectivity index (χ2v) is 4.84. The Morgan fingerprint density at radius 1 is 1.27 bits per heavy atom. The van der Waals surface area contributed by atoms with E-state index in [1.54, 1.807) is 0 Å². The highest BCUT2D eigenvalue weighted by atomic mass is 79.9. The topological polar surface area (TPSA) is 35.2 Å². The number of ether oxygens (including phenoxy) is 1. The minimum Gasteiger partial charge on any atom is -0.494 e. The van der Waals surface area contributed by atoms with Crippen molar-refractivity contribution in [2.75, 3.05) is 6.61 Å². The molecule has 0 amide bonds. The summed E-state index contributed by atoms with van der Waals surface area (Å²) in [7, 11) is 0. The summed E-state index contributed by atoms with van der Waals surface area (Å²) < 4.78 is 6.67. The summed E-state index contributed by atoms with van der Waals surface area (Å²) in [5.41, 5.74) is 5.77. The second kappa shape index (κ2) is 6.13. The fourth-order valence-electron chi connectivity index (χ4n) is 1.16. The van der Waals surface area contributed by atoms with Gasteiger partial charge >= 0.3 is 0 Å². The first-order valence-corrected chi connectivity index (χ1v) is 6.03. The molecule has 1 aromatic rings. The smallest absolute Gasteiger partial charge is 0.119 e. The van der Waals surface area contributed by atoms with Crippen molar-refractivity contribution in [1.29, 1.82) is 0 Å². The van der Waals surface area contributed by atoms with E-state index in [-0.39, 0.29) is 6.04 Å². The fraction of sp³-hybridized carbons (Fsp3) is 0.500. The minimum absolute atomic E-state index is 0.235. The van der Waals surface area contributed by atoms with Crippen LogP contribution in [0.2, 0.25) is 0 Å². The van der Waals surface area contributed by atoms with Crippen molar-refractivity contribution in [2.24, 2.45) is 11.7 Å². The molecule has 1 aromatic carbocycles. The monoisotopic (exact) mass is 271 g/mol. The summed E-state index contributed by atoms with van der Waals surface area (Å²) in [4.78, 5) is 0. The van der Waals surface area contributed by atoms with Gasteiger partial charge < -0.3 is 10.5 Å². The van der Waals surface area contributed by atoms with Gasteiger partial charge in [-0.2, -0.15) is 0 Å². The minimum atomic E-state index is 0.235. The lowest BCUT2D eigenvalue weighted by Gasteiger charge is -2.15. The molecule has 2 unspecified atom stereocenters. The van der Waals surface area contributed by atoms with E-state index >= 15 is 0 Å². The summed E-state index contributed by atoms with van der Waals surface area (Å²) >= 11 is 3.38. The van der Waals surface area contributed by atoms with Gasteiger partial charge in [0.05, 0.1) is 6.61 Å². The number of rotatable bonds is 5. The number of hydrogen-bond donors (Lipinski definition) is 1. The lowest BCUT2D eigenvalue weighted by atomic mass is 10.0. The summed E-state index contributed by atoms with van der Waals surface area (Å²) in [6, 6.07) is 8.11. The zero-order valence-corrected chi connectivity index (χ0v) is 10.8. The average molecular weight is 272 g/mol. The predicted octanol–water partition coefficient (Wildman–Crippen LogP) is 3.20. The molecule has 2 N–H and O–H groups in total. The van der Waals surface area contributed by atoms with Crippen LogP contribution in [0.1, 0.15) is 20.3 Å². The van der Waals surface area contributed by atoms with Crippen LogP contribution in [0.3, 0.4) is 0 Å². The van der Waals surface area contributed by atoms with Crippen LogP contribution in [-0.4, -0.2) is 12.6 Å². The van der Waals surface area contributed by atoms with Crippen LogP contribution >= 0.6 is 15.9 Å². The van der Waals surface area contributed by atoms with Gasteiger partial charge in [-0.3, -0.25) is 0 Å². The Hall–Kier alpha value is -0.540. The zero-order valence-electron chi connectivity index (χ0n) is 9.24. The van der Waals surface area contributed by atoms with E-state index in [1.165, 1.54) is 0 Å². The summed E-state index contributed by atoms with van der Waals surface area (Å²) in [5, 5.41) is 0. The molecule has 0 heterocycles. The summed E-state index contributed by atoms with van der Waals surface area (Å²) in [6.07, 6.45) is 0.994. The van der Waals surface area contributed by atoms with Crippen molar-refractivity contribution in [3.05, 3.63) is 28.7 Å². The lowest BCUT2D eigenvalue weighted by molar-refractivity contribution is 0.273. The molecule has 0 aliphatic heterocycles. The predicted molar refractivity (Wildman–Crippen MR) is 67.1 cm³/mol. The number of nitrogens with two attached hydrogens (primary N) is 1. The Bertz CT molecular complexity index is 284.